The third-order valence-corrected chi connectivity index (χ3v) is 6.47. The van der Waals surface area contributed by atoms with Crippen LogP contribution >= 0.6 is 11.6 Å². The third-order valence-electron chi connectivity index (χ3n) is 6.24. The van der Waals surface area contributed by atoms with Crippen LogP contribution in [0.25, 0.3) is 0 Å². The zero-order chi connectivity index (χ0) is 20.4. The van der Waals surface area contributed by atoms with E-state index in [4.69, 9.17) is 11.6 Å². The minimum Gasteiger partial charge on any atom is -0.344 e. The van der Waals surface area contributed by atoms with E-state index in [9.17, 15) is 9.59 Å². The van der Waals surface area contributed by atoms with E-state index < -0.39 is 11.5 Å². The first-order valence-corrected chi connectivity index (χ1v) is 10.8. The standard InChI is InChI=1S/C22H27ClN4O2/c1-26-14-10-19(25-26)27-13-6-9-18(20(27)28)24-21(29)22(11-3-2-4-12-22)16-7-5-8-17(23)15-16/h5,7-8,10,14-15,18H,2-4,6,9,11-13H2,1H3,(H,24,29). The van der Waals surface area contributed by atoms with Gasteiger partial charge in [-0.1, -0.05) is 43.0 Å². The number of carbonyl (C=O) groups excluding carboxylic acids is 2. The topological polar surface area (TPSA) is 67.2 Å². The number of carbonyl (C=O) groups is 2. The van der Waals surface area contributed by atoms with E-state index >= 15 is 0 Å². The quantitative estimate of drug-likeness (QED) is 0.831. The Kier molecular flexibility index (Phi) is 5.63. The largest absolute Gasteiger partial charge is 0.344 e. The highest BCUT2D eigenvalue weighted by Gasteiger charge is 2.43. The van der Waals surface area contributed by atoms with Gasteiger partial charge < -0.3 is 5.32 Å². The SMILES string of the molecule is Cn1ccc(N2CCCC(NC(=O)C3(c4cccc(Cl)c4)CCCCC3)C2=O)n1. The lowest BCUT2D eigenvalue weighted by atomic mass is 9.68. The highest BCUT2D eigenvalue weighted by Crippen LogP contribution is 2.40. The zero-order valence-electron chi connectivity index (χ0n) is 16.7. The van der Waals surface area contributed by atoms with Crippen molar-refractivity contribution in [3.8, 4) is 0 Å². The van der Waals surface area contributed by atoms with E-state index in [0.29, 0.717) is 23.8 Å². The van der Waals surface area contributed by atoms with Crippen LogP contribution in [0, 0.1) is 0 Å². The van der Waals surface area contributed by atoms with Gasteiger partial charge >= 0.3 is 0 Å². The Morgan fingerprint density at radius 1 is 1.21 bits per heavy atom. The number of hydrogen-bond donors (Lipinski definition) is 1. The summed E-state index contributed by atoms with van der Waals surface area (Å²) in [6, 6.07) is 8.92. The molecule has 1 aromatic carbocycles. The maximum Gasteiger partial charge on any atom is 0.250 e. The number of rotatable bonds is 4. The van der Waals surface area contributed by atoms with Crippen molar-refractivity contribution in [2.45, 2.75) is 56.4 Å². The predicted molar refractivity (Wildman–Crippen MR) is 113 cm³/mol. The van der Waals surface area contributed by atoms with Crippen LogP contribution in [-0.2, 0) is 22.1 Å². The molecule has 1 saturated heterocycles. The van der Waals surface area contributed by atoms with Gasteiger partial charge in [0.1, 0.15) is 6.04 Å². The molecule has 0 bridgehead atoms. The van der Waals surface area contributed by atoms with Gasteiger partial charge in [0, 0.05) is 30.9 Å². The molecule has 1 unspecified atom stereocenters. The molecule has 2 aliphatic rings. The van der Waals surface area contributed by atoms with E-state index in [1.54, 1.807) is 9.58 Å². The fourth-order valence-corrected chi connectivity index (χ4v) is 4.86. The molecule has 6 nitrogen and oxygen atoms in total. The number of amides is 2. The Balaban J connectivity index is 1.56. The molecule has 29 heavy (non-hydrogen) atoms. The predicted octanol–water partition coefficient (Wildman–Crippen LogP) is 3.59. The monoisotopic (exact) mass is 414 g/mol. The van der Waals surface area contributed by atoms with Crippen molar-refractivity contribution < 1.29 is 9.59 Å². The fourth-order valence-electron chi connectivity index (χ4n) is 4.67. The summed E-state index contributed by atoms with van der Waals surface area (Å²) in [4.78, 5) is 28.3. The highest BCUT2D eigenvalue weighted by atomic mass is 35.5. The second-order valence-electron chi connectivity index (χ2n) is 8.16. The summed E-state index contributed by atoms with van der Waals surface area (Å²) in [5.41, 5.74) is 0.337. The maximum atomic E-state index is 13.5. The first-order valence-electron chi connectivity index (χ1n) is 10.4. The van der Waals surface area contributed by atoms with Crippen molar-refractivity contribution in [2.24, 2.45) is 7.05 Å². The van der Waals surface area contributed by atoms with Crippen molar-refractivity contribution >= 4 is 29.2 Å². The number of hydrogen-bond acceptors (Lipinski definition) is 3. The van der Waals surface area contributed by atoms with Crippen molar-refractivity contribution in [1.82, 2.24) is 15.1 Å². The lowest BCUT2D eigenvalue weighted by Gasteiger charge is -2.39. The number of aromatic nitrogens is 2. The van der Waals surface area contributed by atoms with E-state index in [1.807, 2.05) is 43.6 Å². The molecule has 4 rings (SSSR count). The number of halogens is 1. The molecule has 7 heteroatoms. The van der Waals surface area contributed by atoms with Gasteiger partial charge in [-0.2, -0.15) is 5.10 Å². The summed E-state index contributed by atoms with van der Waals surface area (Å²) in [5.74, 6) is 0.500. The second kappa shape index (κ2) is 8.19. The van der Waals surface area contributed by atoms with Crippen molar-refractivity contribution in [3.05, 3.63) is 47.1 Å². The van der Waals surface area contributed by atoms with Crippen molar-refractivity contribution in [3.63, 3.8) is 0 Å². The summed E-state index contributed by atoms with van der Waals surface area (Å²) < 4.78 is 1.68. The van der Waals surface area contributed by atoms with E-state index in [1.165, 1.54) is 0 Å². The van der Waals surface area contributed by atoms with Crippen LogP contribution in [0.2, 0.25) is 5.02 Å². The lowest BCUT2D eigenvalue weighted by Crippen LogP contribution is -2.57. The molecule has 2 amide bonds. The normalized spacial score (nSPS) is 21.8. The van der Waals surface area contributed by atoms with E-state index in [2.05, 4.69) is 10.4 Å². The molecule has 0 radical (unpaired) electrons. The molecular weight excluding hydrogens is 388 g/mol. The molecule has 0 spiro atoms. The smallest absolute Gasteiger partial charge is 0.250 e. The Morgan fingerprint density at radius 3 is 2.69 bits per heavy atom. The van der Waals surface area contributed by atoms with Crippen LogP contribution in [0.1, 0.15) is 50.5 Å². The Hall–Kier alpha value is -2.34. The van der Waals surface area contributed by atoms with Gasteiger partial charge in [0.2, 0.25) is 5.91 Å². The molecule has 1 aliphatic carbocycles. The fraction of sp³-hybridized carbons (Fsp3) is 0.500. The number of nitrogens with zero attached hydrogens (tertiary/aromatic N) is 3. The van der Waals surface area contributed by atoms with Crippen LogP contribution in [0.3, 0.4) is 0 Å². The van der Waals surface area contributed by atoms with Gasteiger partial charge in [0.05, 0.1) is 5.41 Å². The Bertz CT molecular complexity index is 904. The number of nitrogens with one attached hydrogen (secondary N) is 1. The first kappa shape index (κ1) is 20.0. The zero-order valence-corrected chi connectivity index (χ0v) is 17.5. The van der Waals surface area contributed by atoms with Crippen LogP contribution in [0.5, 0.6) is 0 Å². The van der Waals surface area contributed by atoms with Gasteiger partial charge in [0.15, 0.2) is 5.82 Å². The summed E-state index contributed by atoms with van der Waals surface area (Å²) in [7, 11) is 1.83. The number of benzene rings is 1. The summed E-state index contributed by atoms with van der Waals surface area (Å²) in [6.07, 6.45) is 7.99. The molecule has 1 saturated carbocycles. The van der Waals surface area contributed by atoms with Gasteiger partial charge in [0.25, 0.3) is 5.91 Å². The van der Waals surface area contributed by atoms with E-state index in [0.717, 1.165) is 44.1 Å². The third kappa shape index (κ3) is 3.90. The molecular formula is C22H27ClN4O2. The van der Waals surface area contributed by atoms with Crippen LogP contribution in [0.15, 0.2) is 36.5 Å². The molecule has 2 heterocycles. The average molecular weight is 415 g/mol. The second-order valence-corrected chi connectivity index (χ2v) is 8.60. The van der Waals surface area contributed by atoms with Gasteiger partial charge in [-0.3, -0.25) is 19.2 Å². The number of anilines is 1. The maximum absolute atomic E-state index is 13.5. The first-order chi connectivity index (χ1) is 14.0. The van der Waals surface area contributed by atoms with Gasteiger partial charge in [-0.15, -0.1) is 0 Å². The Morgan fingerprint density at radius 2 is 2.00 bits per heavy atom. The van der Waals surface area contributed by atoms with Crippen LogP contribution in [-0.4, -0.2) is 34.2 Å². The van der Waals surface area contributed by atoms with Gasteiger partial charge in [-0.05, 0) is 43.4 Å². The Labute approximate surface area is 176 Å². The van der Waals surface area contributed by atoms with Crippen LogP contribution < -0.4 is 10.2 Å². The molecule has 2 aromatic rings. The lowest BCUT2D eigenvalue weighted by molar-refractivity contribution is -0.133. The number of piperidine rings is 1. The minimum absolute atomic E-state index is 0.0549. The summed E-state index contributed by atoms with van der Waals surface area (Å²) >= 11 is 6.23. The summed E-state index contributed by atoms with van der Waals surface area (Å²) in [5, 5.41) is 8.08. The van der Waals surface area contributed by atoms with Crippen molar-refractivity contribution in [2.75, 3.05) is 11.4 Å². The molecule has 1 N–H and O–H groups in total. The molecule has 1 aromatic heterocycles. The van der Waals surface area contributed by atoms with E-state index in [-0.39, 0.29) is 11.8 Å². The molecule has 1 aliphatic heterocycles. The molecule has 154 valence electrons. The minimum atomic E-state index is -0.614. The molecule has 2 fully saturated rings. The molecule has 1 atom stereocenters. The van der Waals surface area contributed by atoms with Crippen molar-refractivity contribution in [1.29, 1.82) is 0 Å². The summed E-state index contributed by atoms with van der Waals surface area (Å²) in [6.45, 7) is 0.627. The van der Waals surface area contributed by atoms with Crippen LogP contribution in [0.4, 0.5) is 5.82 Å². The average Bonchev–Trinajstić information content (AvgIpc) is 3.16. The van der Waals surface area contributed by atoms with Gasteiger partial charge in [-0.25, -0.2) is 0 Å². The number of aryl methyl sites for hydroxylation is 1. The highest BCUT2D eigenvalue weighted by molar-refractivity contribution is 6.30.